The molecule has 4 aromatic carbocycles. The van der Waals surface area contributed by atoms with E-state index in [0.717, 1.165) is 47.9 Å². The molecule has 0 spiro atoms. The van der Waals surface area contributed by atoms with Crippen LogP contribution in [0.1, 0.15) is 73.0 Å². The molecule has 2 atom stereocenters. The average Bonchev–Trinajstić information content (AvgIpc) is 3.04. The molecule has 42 heavy (non-hydrogen) atoms. The van der Waals surface area contributed by atoms with Crippen molar-refractivity contribution in [2.75, 3.05) is 14.2 Å². The van der Waals surface area contributed by atoms with Gasteiger partial charge in [-0.2, -0.15) is 0 Å². The predicted octanol–water partition coefficient (Wildman–Crippen LogP) is 7.97. The molecule has 0 aliphatic rings. The molecule has 4 rings (SSSR count). The van der Waals surface area contributed by atoms with Gasteiger partial charge in [0.25, 0.3) is 0 Å². The SMILES string of the molecule is COc1cc(C(O)CCCCCCC(O)c2ccc(OCc3ccccc3)c(OC)c2)ccc1OCc1ccccc1. The molecule has 0 aliphatic carbocycles. The third-order valence-electron chi connectivity index (χ3n) is 7.32. The van der Waals surface area contributed by atoms with Crippen LogP contribution in [0, 0.1) is 0 Å². The highest BCUT2D eigenvalue weighted by molar-refractivity contribution is 5.44. The van der Waals surface area contributed by atoms with Gasteiger partial charge in [0.15, 0.2) is 23.0 Å². The first-order chi connectivity index (χ1) is 20.6. The molecule has 2 unspecified atom stereocenters. The number of rotatable bonds is 17. The van der Waals surface area contributed by atoms with Crippen molar-refractivity contribution in [2.45, 2.75) is 63.9 Å². The predicted molar refractivity (Wildman–Crippen MR) is 165 cm³/mol. The Morgan fingerprint density at radius 1 is 0.500 bits per heavy atom. The molecule has 0 bridgehead atoms. The minimum Gasteiger partial charge on any atom is -0.493 e. The van der Waals surface area contributed by atoms with Crippen LogP contribution in [0.15, 0.2) is 97.1 Å². The van der Waals surface area contributed by atoms with E-state index in [1.165, 1.54) is 0 Å². The highest BCUT2D eigenvalue weighted by atomic mass is 16.5. The van der Waals surface area contributed by atoms with E-state index in [2.05, 4.69) is 0 Å². The fraction of sp³-hybridized carbons (Fsp3) is 0.333. The summed E-state index contributed by atoms with van der Waals surface area (Å²) >= 11 is 0. The van der Waals surface area contributed by atoms with Gasteiger partial charge in [-0.3, -0.25) is 0 Å². The fourth-order valence-electron chi connectivity index (χ4n) is 4.85. The number of hydrogen-bond donors (Lipinski definition) is 2. The molecule has 6 nitrogen and oxygen atoms in total. The normalized spacial score (nSPS) is 12.4. The molecular formula is C36H42O6. The summed E-state index contributed by atoms with van der Waals surface area (Å²) in [5.41, 5.74) is 3.80. The summed E-state index contributed by atoms with van der Waals surface area (Å²) in [6.07, 6.45) is 3.95. The van der Waals surface area contributed by atoms with E-state index in [4.69, 9.17) is 18.9 Å². The van der Waals surface area contributed by atoms with Crippen LogP contribution in [-0.2, 0) is 13.2 Å². The van der Waals surface area contributed by atoms with Crippen molar-refractivity contribution in [3.05, 3.63) is 119 Å². The molecule has 0 fully saturated rings. The zero-order valence-corrected chi connectivity index (χ0v) is 24.6. The molecule has 0 aromatic heterocycles. The molecule has 2 N–H and O–H groups in total. The monoisotopic (exact) mass is 570 g/mol. The van der Waals surface area contributed by atoms with E-state index in [-0.39, 0.29) is 0 Å². The molecule has 222 valence electrons. The third kappa shape index (κ3) is 9.26. The standard InChI is InChI=1S/C36H42O6/c1-39-35-23-29(19-21-33(35)41-25-27-13-7-5-8-14-27)31(37)17-11-3-4-12-18-32(38)30-20-22-34(36(24-30)40-2)42-26-28-15-9-6-10-16-28/h5-10,13-16,19-24,31-32,37-38H,3-4,11-12,17-18,25-26H2,1-2H3. The van der Waals surface area contributed by atoms with Gasteiger partial charge >= 0.3 is 0 Å². The van der Waals surface area contributed by atoms with E-state index in [1.807, 2.05) is 97.1 Å². The molecule has 0 radical (unpaired) electrons. The Morgan fingerprint density at radius 2 is 0.905 bits per heavy atom. The summed E-state index contributed by atoms with van der Waals surface area (Å²) in [4.78, 5) is 0. The molecule has 0 saturated heterocycles. The molecular weight excluding hydrogens is 528 g/mol. The second kappa shape index (κ2) is 16.4. The summed E-state index contributed by atoms with van der Waals surface area (Å²) in [7, 11) is 3.22. The molecule has 6 heteroatoms. The van der Waals surface area contributed by atoms with Crippen molar-refractivity contribution in [2.24, 2.45) is 0 Å². The fourth-order valence-corrected chi connectivity index (χ4v) is 4.85. The number of ether oxygens (including phenoxy) is 4. The lowest BCUT2D eigenvalue weighted by molar-refractivity contribution is 0.157. The van der Waals surface area contributed by atoms with Gasteiger partial charge in [0.2, 0.25) is 0 Å². The van der Waals surface area contributed by atoms with Crippen LogP contribution in [0.3, 0.4) is 0 Å². The molecule has 0 amide bonds. The summed E-state index contributed by atoms with van der Waals surface area (Å²) in [5, 5.41) is 21.5. The van der Waals surface area contributed by atoms with Crippen molar-refractivity contribution in [3.8, 4) is 23.0 Å². The highest BCUT2D eigenvalue weighted by Crippen LogP contribution is 2.34. The smallest absolute Gasteiger partial charge is 0.161 e. The number of methoxy groups -OCH3 is 2. The van der Waals surface area contributed by atoms with Crippen molar-refractivity contribution in [1.29, 1.82) is 0 Å². The van der Waals surface area contributed by atoms with Crippen LogP contribution in [0.5, 0.6) is 23.0 Å². The first kappa shape index (κ1) is 30.9. The van der Waals surface area contributed by atoms with Crippen LogP contribution < -0.4 is 18.9 Å². The van der Waals surface area contributed by atoms with Crippen molar-refractivity contribution >= 4 is 0 Å². The Balaban J connectivity index is 1.17. The Kier molecular flexibility index (Phi) is 12.1. The molecule has 0 heterocycles. The van der Waals surface area contributed by atoms with E-state index in [1.54, 1.807) is 14.2 Å². The summed E-state index contributed by atoms with van der Waals surface area (Å²) in [6.45, 7) is 0.908. The van der Waals surface area contributed by atoms with Gasteiger partial charge in [0, 0.05) is 0 Å². The van der Waals surface area contributed by atoms with Gasteiger partial charge in [-0.25, -0.2) is 0 Å². The van der Waals surface area contributed by atoms with Crippen LogP contribution in [-0.4, -0.2) is 24.4 Å². The third-order valence-corrected chi connectivity index (χ3v) is 7.32. The van der Waals surface area contributed by atoms with Crippen molar-refractivity contribution in [1.82, 2.24) is 0 Å². The van der Waals surface area contributed by atoms with Crippen molar-refractivity contribution in [3.63, 3.8) is 0 Å². The van der Waals surface area contributed by atoms with E-state index in [9.17, 15) is 10.2 Å². The lowest BCUT2D eigenvalue weighted by Crippen LogP contribution is -2.02. The van der Waals surface area contributed by atoms with Crippen LogP contribution in [0.2, 0.25) is 0 Å². The lowest BCUT2D eigenvalue weighted by Gasteiger charge is -2.16. The zero-order chi connectivity index (χ0) is 29.6. The molecule has 0 aliphatic heterocycles. The van der Waals surface area contributed by atoms with E-state index < -0.39 is 12.2 Å². The number of aliphatic hydroxyl groups excluding tert-OH is 2. The van der Waals surface area contributed by atoms with Gasteiger partial charge in [0.05, 0.1) is 26.4 Å². The second-order valence-electron chi connectivity index (χ2n) is 10.4. The quantitative estimate of drug-likeness (QED) is 0.125. The number of unbranched alkanes of at least 4 members (excludes halogenated alkanes) is 3. The minimum atomic E-state index is -0.567. The summed E-state index contributed by atoms with van der Waals surface area (Å²) < 4.78 is 22.9. The topological polar surface area (TPSA) is 77.4 Å². The van der Waals surface area contributed by atoms with Gasteiger partial charge in [-0.05, 0) is 59.4 Å². The first-order valence-electron chi connectivity index (χ1n) is 14.6. The largest absolute Gasteiger partial charge is 0.493 e. The molecule has 4 aromatic rings. The first-order valence-corrected chi connectivity index (χ1v) is 14.6. The van der Waals surface area contributed by atoms with E-state index >= 15 is 0 Å². The van der Waals surface area contributed by atoms with Crippen LogP contribution in [0.25, 0.3) is 0 Å². The van der Waals surface area contributed by atoms with Crippen molar-refractivity contribution < 1.29 is 29.2 Å². The van der Waals surface area contributed by atoms with Gasteiger partial charge in [-0.1, -0.05) is 98.5 Å². The van der Waals surface area contributed by atoms with E-state index in [0.29, 0.717) is 49.1 Å². The lowest BCUT2D eigenvalue weighted by atomic mass is 9.99. The average molecular weight is 571 g/mol. The zero-order valence-electron chi connectivity index (χ0n) is 24.6. The Morgan fingerprint density at radius 3 is 1.29 bits per heavy atom. The minimum absolute atomic E-state index is 0.454. The van der Waals surface area contributed by atoms with Crippen LogP contribution >= 0.6 is 0 Å². The second-order valence-corrected chi connectivity index (χ2v) is 10.4. The Labute approximate surface area is 249 Å². The summed E-state index contributed by atoms with van der Waals surface area (Å²) in [6, 6.07) is 31.2. The summed E-state index contributed by atoms with van der Waals surface area (Å²) in [5.74, 6) is 2.54. The van der Waals surface area contributed by atoms with Gasteiger partial charge in [-0.15, -0.1) is 0 Å². The van der Waals surface area contributed by atoms with Gasteiger partial charge < -0.3 is 29.2 Å². The highest BCUT2D eigenvalue weighted by Gasteiger charge is 2.14. The number of hydrogen-bond acceptors (Lipinski definition) is 6. The Hall–Kier alpha value is -4.00. The van der Waals surface area contributed by atoms with Gasteiger partial charge in [0.1, 0.15) is 13.2 Å². The maximum absolute atomic E-state index is 10.7. The Bertz CT molecular complexity index is 1240. The number of benzene rings is 4. The maximum Gasteiger partial charge on any atom is 0.161 e. The van der Waals surface area contributed by atoms with Crippen LogP contribution in [0.4, 0.5) is 0 Å². The maximum atomic E-state index is 10.7. The molecule has 0 saturated carbocycles. The number of aliphatic hydroxyl groups is 2.